The highest BCUT2D eigenvalue weighted by atomic mass is 16.5. The fourth-order valence-electron chi connectivity index (χ4n) is 1.83. The summed E-state index contributed by atoms with van der Waals surface area (Å²) in [6.07, 6.45) is 6.08. The molecule has 3 heterocycles. The second-order valence-corrected chi connectivity index (χ2v) is 3.97. The van der Waals surface area contributed by atoms with E-state index < -0.39 is 0 Å². The van der Waals surface area contributed by atoms with E-state index in [0.29, 0.717) is 22.5 Å². The number of fused-ring (bicyclic) bond motifs is 1. The van der Waals surface area contributed by atoms with Crippen molar-refractivity contribution in [3.8, 4) is 17.6 Å². The van der Waals surface area contributed by atoms with Crippen LogP contribution in [0.3, 0.4) is 0 Å². The fourth-order valence-corrected chi connectivity index (χ4v) is 1.83. The van der Waals surface area contributed by atoms with Crippen LogP contribution >= 0.6 is 0 Å². The van der Waals surface area contributed by atoms with Crippen LogP contribution in [0.4, 0.5) is 0 Å². The number of nitrogens with zero attached hydrogens (tertiary/aromatic N) is 5. The topological polar surface area (TPSA) is 89.0 Å². The molecular formula is C12H11N5O3. The summed E-state index contributed by atoms with van der Waals surface area (Å²) in [5, 5.41) is 16.3. The van der Waals surface area contributed by atoms with Gasteiger partial charge in [-0.25, -0.2) is 9.67 Å². The number of aromatic nitrogens is 5. The van der Waals surface area contributed by atoms with Crippen molar-refractivity contribution in [2.45, 2.75) is 0 Å². The SMILES string of the molecule is COc1ncc(-n2cc3c[n+]([O-])ccc3n2)c(OC)n1. The summed E-state index contributed by atoms with van der Waals surface area (Å²) >= 11 is 0. The van der Waals surface area contributed by atoms with E-state index >= 15 is 0 Å². The summed E-state index contributed by atoms with van der Waals surface area (Å²) in [7, 11) is 2.98. The zero-order valence-electron chi connectivity index (χ0n) is 10.8. The molecule has 8 nitrogen and oxygen atoms in total. The fraction of sp³-hybridized carbons (Fsp3) is 0.167. The number of hydrogen-bond donors (Lipinski definition) is 0. The number of ether oxygens (including phenoxy) is 2. The molecule has 0 atom stereocenters. The predicted molar refractivity (Wildman–Crippen MR) is 68.7 cm³/mol. The molecule has 0 aromatic carbocycles. The summed E-state index contributed by atoms with van der Waals surface area (Å²) in [6.45, 7) is 0. The molecule has 0 saturated heterocycles. The average Bonchev–Trinajstić information content (AvgIpc) is 2.89. The summed E-state index contributed by atoms with van der Waals surface area (Å²) < 4.78 is 12.4. The minimum absolute atomic E-state index is 0.208. The maximum Gasteiger partial charge on any atom is 0.319 e. The Labute approximate surface area is 113 Å². The lowest BCUT2D eigenvalue weighted by Crippen LogP contribution is -2.23. The summed E-state index contributed by atoms with van der Waals surface area (Å²) in [5.74, 6) is 0.333. The average molecular weight is 273 g/mol. The van der Waals surface area contributed by atoms with Crippen LogP contribution in [0, 0.1) is 5.21 Å². The zero-order chi connectivity index (χ0) is 14.1. The van der Waals surface area contributed by atoms with Crippen LogP contribution in [0.1, 0.15) is 0 Å². The van der Waals surface area contributed by atoms with Crippen LogP contribution in [-0.2, 0) is 0 Å². The van der Waals surface area contributed by atoms with Crippen molar-refractivity contribution in [3.05, 3.63) is 36.1 Å². The van der Waals surface area contributed by atoms with Crippen molar-refractivity contribution in [3.63, 3.8) is 0 Å². The lowest BCUT2D eigenvalue weighted by atomic mass is 10.3. The third kappa shape index (κ3) is 1.96. The molecule has 0 radical (unpaired) electrons. The molecule has 102 valence electrons. The van der Waals surface area contributed by atoms with Gasteiger partial charge in [-0.3, -0.25) is 0 Å². The molecule has 0 N–H and O–H groups in total. The largest absolute Gasteiger partial charge is 0.619 e. The van der Waals surface area contributed by atoms with Crippen molar-refractivity contribution >= 4 is 10.9 Å². The van der Waals surface area contributed by atoms with Gasteiger partial charge in [0.15, 0.2) is 12.4 Å². The van der Waals surface area contributed by atoms with E-state index in [2.05, 4.69) is 15.1 Å². The van der Waals surface area contributed by atoms with Crippen molar-refractivity contribution in [2.75, 3.05) is 14.2 Å². The van der Waals surface area contributed by atoms with Gasteiger partial charge in [-0.05, 0) is 0 Å². The first-order valence-corrected chi connectivity index (χ1v) is 5.75. The van der Waals surface area contributed by atoms with E-state index in [9.17, 15) is 5.21 Å². The first kappa shape index (κ1) is 12.2. The predicted octanol–water partition coefficient (Wildman–Crippen LogP) is 0.466. The Morgan fingerprint density at radius 3 is 2.90 bits per heavy atom. The monoisotopic (exact) mass is 273 g/mol. The van der Waals surface area contributed by atoms with Crippen LogP contribution in [-0.4, -0.2) is 34.0 Å². The summed E-state index contributed by atoms with van der Waals surface area (Å²) in [6, 6.07) is 1.84. The number of hydrogen-bond acceptors (Lipinski definition) is 6. The second kappa shape index (κ2) is 4.65. The highest BCUT2D eigenvalue weighted by Crippen LogP contribution is 2.22. The van der Waals surface area contributed by atoms with Gasteiger partial charge in [-0.15, -0.1) is 0 Å². The molecule has 3 rings (SSSR count). The zero-order valence-corrected chi connectivity index (χ0v) is 10.8. The van der Waals surface area contributed by atoms with E-state index in [4.69, 9.17) is 9.47 Å². The normalized spacial score (nSPS) is 10.7. The molecule has 0 spiro atoms. The molecule has 3 aromatic rings. The van der Waals surface area contributed by atoms with Crippen molar-refractivity contribution in [2.24, 2.45) is 0 Å². The first-order chi connectivity index (χ1) is 9.71. The molecule has 0 bridgehead atoms. The molecule has 20 heavy (non-hydrogen) atoms. The van der Waals surface area contributed by atoms with Crippen LogP contribution in [0.15, 0.2) is 30.9 Å². The van der Waals surface area contributed by atoms with Gasteiger partial charge in [0.25, 0.3) is 0 Å². The Balaban J connectivity index is 2.14. The molecule has 0 fully saturated rings. The van der Waals surface area contributed by atoms with Crippen molar-refractivity contribution in [1.29, 1.82) is 0 Å². The van der Waals surface area contributed by atoms with Gasteiger partial charge in [0, 0.05) is 12.3 Å². The van der Waals surface area contributed by atoms with E-state index in [1.54, 1.807) is 23.1 Å². The lowest BCUT2D eigenvalue weighted by Gasteiger charge is -2.07. The van der Waals surface area contributed by atoms with Gasteiger partial charge >= 0.3 is 6.01 Å². The van der Waals surface area contributed by atoms with Gasteiger partial charge < -0.3 is 14.7 Å². The van der Waals surface area contributed by atoms with Gasteiger partial charge in [-0.2, -0.15) is 14.8 Å². The Morgan fingerprint density at radius 1 is 1.30 bits per heavy atom. The summed E-state index contributed by atoms with van der Waals surface area (Å²) in [4.78, 5) is 8.12. The maximum absolute atomic E-state index is 11.2. The highest BCUT2D eigenvalue weighted by molar-refractivity contribution is 5.76. The Kier molecular flexibility index (Phi) is 2.82. The second-order valence-electron chi connectivity index (χ2n) is 3.97. The van der Waals surface area contributed by atoms with Crippen LogP contribution < -0.4 is 14.2 Å². The van der Waals surface area contributed by atoms with E-state index in [1.165, 1.54) is 26.6 Å². The molecular weight excluding hydrogens is 262 g/mol. The minimum atomic E-state index is 0.208. The first-order valence-electron chi connectivity index (χ1n) is 5.75. The van der Waals surface area contributed by atoms with Crippen molar-refractivity contribution in [1.82, 2.24) is 19.7 Å². The standard InChI is InChI=1S/C12H11N5O3/c1-19-11-10(5-13-12(14-11)20-2)17-7-8-6-16(18)4-3-9(8)15-17/h3-7H,1-2H3. The minimum Gasteiger partial charge on any atom is -0.619 e. The maximum atomic E-state index is 11.2. The molecule has 0 amide bonds. The molecule has 0 saturated carbocycles. The molecule has 3 aromatic heterocycles. The van der Waals surface area contributed by atoms with Crippen molar-refractivity contribution < 1.29 is 14.2 Å². The lowest BCUT2D eigenvalue weighted by molar-refractivity contribution is -0.603. The highest BCUT2D eigenvalue weighted by Gasteiger charge is 2.13. The number of methoxy groups -OCH3 is 2. The quantitative estimate of drug-likeness (QED) is 0.509. The Bertz CT molecular complexity index is 771. The van der Waals surface area contributed by atoms with E-state index in [-0.39, 0.29) is 6.01 Å². The molecule has 8 heteroatoms. The Morgan fingerprint density at radius 2 is 2.15 bits per heavy atom. The van der Waals surface area contributed by atoms with Gasteiger partial charge in [0.05, 0.1) is 25.8 Å². The molecule has 0 aliphatic rings. The van der Waals surface area contributed by atoms with Crippen LogP contribution in [0.25, 0.3) is 16.6 Å². The van der Waals surface area contributed by atoms with E-state index in [0.717, 1.165) is 4.73 Å². The summed E-state index contributed by atoms with van der Waals surface area (Å²) in [5.41, 5.74) is 1.25. The molecule has 0 aliphatic carbocycles. The molecule has 0 unspecified atom stereocenters. The third-order valence-corrected chi connectivity index (χ3v) is 2.75. The number of pyridine rings is 1. The van der Waals surface area contributed by atoms with Crippen LogP contribution in [0.2, 0.25) is 0 Å². The number of rotatable bonds is 3. The van der Waals surface area contributed by atoms with Crippen LogP contribution in [0.5, 0.6) is 11.9 Å². The molecule has 0 aliphatic heterocycles. The third-order valence-electron chi connectivity index (χ3n) is 2.75. The van der Waals surface area contributed by atoms with E-state index in [1.807, 2.05) is 0 Å². The van der Waals surface area contributed by atoms with Gasteiger partial charge in [0.1, 0.15) is 11.2 Å². The smallest absolute Gasteiger partial charge is 0.319 e. The van der Waals surface area contributed by atoms with Gasteiger partial charge in [0.2, 0.25) is 5.88 Å². The Hall–Kier alpha value is -2.90. The van der Waals surface area contributed by atoms with Gasteiger partial charge in [-0.1, -0.05) is 0 Å².